The van der Waals surface area contributed by atoms with Gasteiger partial charge in [-0.15, -0.1) is 0 Å². The van der Waals surface area contributed by atoms with Gasteiger partial charge in [0.2, 0.25) is 0 Å². The van der Waals surface area contributed by atoms with E-state index in [1.807, 2.05) is 24.3 Å². The van der Waals surface area contributed by atoms with Crippen LogP contribution in [0.15, 0.2) is 42.5 Å². The number of hydrogen-bond acceptors (Lipinski definition) is 2. The average molecular weight is 301 g/mol. The summed E-state index contributed by atoms with van der Waals surface area (Å²) in [7, 11) is 0. The standard InChI is InChI=1S/C17H16FNOS/c18-15-6-2-1-4-13(15)11-20-14-8-9-16-12(10-14)5-3-7-17(21)19-16/h1-2,4,6,8-10H,3,5,7,11H2,(H,19,21). The summed E-state index contributed by atoms with van der Waals surface area (Å²) in [6.07, 6.45) is 2.92. The van der Waals surface area contributed by atoms with Crippen molar-refractivity contribution in [2.45, 2.75) is 25.9 Å². The summed E-state index contributed by atoms with van der Waals surface area (Å²) in [5.74, 6) is 0.519. The van der Waals surface area contributed by atoms with E-state index in [1.165, 1.54) is 11.6 Å². The highest BCUT2D eigenvalue weighted by molar-refractivity contribution is 7.80. The highest BCUT2D eigenvalue weighted by Crippen LogP contribution is 2.27. The minimum absolute atomic E-state index is 0.233. The first-order chi connectivity index (χ1) is 10.2. The number of aryl methyl sites for hydroxylation is 1. The van der Waals surface area contributed by atoms with Crippen LogP contribution in [0.4, 0.5) is 10.1 Å². The lowest BCUT2D eigenvalue weighted by Crippen LogP contribution is -2.06. The van der Waals surface area contributed by atoms with Gasteiger partial charge in [-0.05, 0) is 49.1 Å². The minimum Gasteiger partial charge on any atom is -0.489 e. The maximum Gasteiger partial charge on any atom is 0.129 e. The van der Waals surface area contributed by atoms with Crippen LogP contribution < -0.4 is 10.1 Å². The Morgan fingerprint density at radius 2 is 2.00 bits per heavy atom. The first-order valence-electron chi connectivity index (χ1n) is 7.01. The molecule has 0 fully saturated rings. The molecular formula is C17H16FNOS. The largest absolute Gasteiger partial charge is 0.489 e. The first-order valence-corrected chi connectivity index (χ1v) is 7.42. The van der Waals surface area contributed by atoms with Crippen LogP contribution in [-0.4, -0.2) is 4.99 Å². The molecule has 1 N–H and O–H groups in total. The Morgan fingerprint density at radius 1 is 1.14 bits per heavy atom. The summed E-state index contributed by atoms with van der Waals surface area (Å²) in [5, 5.41) is 3.25. The zero-order chi connectivity index (χ0) is 14.7. The van der Waals surface area contributed by atoms with Crippen molar-refractivity contribution in [2.24, 2.45) is 0 Å². The van der Waals surface area contributed by atoms with Crippen molar-refractivity contribution in [3.05, 3.63) is 59.4 Å². The molecule has 0 aromatic heterocycles. The Balaban J connectivity index is 1.74. The number of fused-ring (bicyclic) bond motifs is 1. The van der Waals surface area contributed by atoms with Crippen LogP contribution in [0.5, 0.6) is 5.75 Å². The summed E-state index contributed by atoms with van der Waals surface area (Å²) in [6, 6.07) is 12.5. The zero-order valence-corrected chi connectivity index (χ0v) is 12.4. The van der Waals surface area contributed by atoms with E-state index in [4.69, 9.17) is 17.0 Å². The Bertz CT molecular complexity index is 672. The Kier molecular flexibility index (Phi) is 4.15. The molecule has 0 saturated heterocycles. The van der Waals surface area contributed by atoms with Gasteiger partial charge in [0, 0.05) is 11.3 Å². The normalized spacial score (nSPS) is 14.0. The van der Waals surface area contributed by atoms with Gasteiger partial charge >= 0.3 is 0 Å². The number of ether oxygens (including phenoxy) is 1. The predicted molar refractivity (Wildman–Crippen MR) is 86.3 cm³/mol. The van der Waals surface area contributed by atoms with Gasteiger partial charge in [0.05, 0.1) is 4.99 Å². The fraction of sp³-hybridized carbons (Fsp3) is 0.235. The van der Waals surface area contributed by atoms with Crippen molar-refractivity contribution >= 4 is 22.9 Å². The van der Waals surface area contributed by atoms with E-state index >= 15 is 0 Å². The average Bonchev–Trinajstić information content (AvgIpc) is 2.66. The minimum atomic E-state index is -0.237. The van der Waals surface area contributed by atoms with Crippen LogP contribution in [-0.2, 0) is 13.0 Å². The fourth-order valence-electron chi connectivity index (χ4n) is 2.42. The van der Waals surface area contributed by atoms with Crippen molar-refractivity contribution in [1.29, 1.82) is 0 Å². The molecule has 0 radical (unpaired) electrons. The number of thiocarbonyl (C=S) groups is 1. The first kappa shape index (κ1) is 14.0. The van der Waals surface area contributed by atoms with Crippen molar-refractivity contribution in [1.82, 2.24) is 0 Å². The molecule has 1 heterocycles. The second-order valence-corrected chi connectivity index (χ2v) is 5.59. The van der Waals surface area contributed by atoms with E-state index in [9.17, 15) is 4.39 Å². The number of anilines is 1. The van der Waals surface area contributed by atoms with E-state index in [2.05, 4.69) is 5.32 Å². The summed E-state index contributed by atoms with van der Waals surface area (Å²) in [4.78, 5) is 0.883. The quantitative estimate of drug-likeness (QED) is 0.845. The summed E-state index contributed by atoms with van der Waals surface area (Å²) >= 11 is 5.25. The third-order valence-electron chi connectivity index (χ3n) is 3.55. The molecule has 0 bridgehead atoms. The van der Waals surface area contributed by atoms with Crippen molar-refractivity contribution in [3.63, 3.8) is 0 Å². The predicted octanol–water partition coefficient (Wildman–Crippen LogP) is 4.48. The number of nitrogens with one attached hydrogen (secondary N) is 1. The Hall–Kier alpha value is -1.94. The number of rotatable bonds is 3. The monoisotopic (exact) mass is 301 g/mol. The topological polar surface area (TPSA) is 21.3 Å². The van der Waals surface area contributed by atoms with Crippen molar-refractivity contribution in [2.75, 3.05) is 5.32 Å². The number of hydrogen-bond donors (Lipinski definition) is 1. The lowest BCUT2D eigenvalue weighted by molar-refractivity contribution is 0.299. The van der Waals surface area contributed by atoms with Gasteiger partial charge in [0.1, 0.15) is 18.2 Å². The highest BCUT2D eigenvalue weighted by atomic mass is 32.1. The van der Waals surface area contributed by atoms with Gasteiger partial charge in [0.25, 0.3) is 0 Å². The molecule has 0 saturated carbocycles. The molecule has 21 heavy (non-hydrogen) atoms. The lowest BCUT2D eigenvalue weighted by Gasteiger charge is -2.11. The number of benzene rings is 2. The molecule has 3 rings (SSSR count). The van der Waals surface area contributed by atoms with Gasteiger partial charge in [-0.1, -0.05) is 30.4 Å². The van der Waals surface area contributed by atoms with Crippen LogP contribution in [0.25, 0.3) is 0 Å². The molecule has 2 aromatic carbocycles. The molecule has 0 spiro atoms. The van der Waals surface area contributed by atoms with Gasteiger partial charge < -0.3 is 10.1 Å². The summed E-state index contributed by atoms with van der Waals surface area (Å²) in [6.45, 7) is 0.233. The van der Waals surface area contributed by atoms with Gasteiger partial charge in [-0.25, -0.2) is 4.39 Å². The van der Waals surface area contributed by atoms with Crippen LogP contribution in [0, 0.1) is 5.82 Å². The second kappa shape index (κ2) is 6.22. The van der Waals surface area contributed by atoms with Crippen LogP contribution in [0.2, 0.25) is 0 Å². The molecule has 108 valence electrons. The van der Waals surface area contributed by atoms with Crippen LogP contribution in [0.3, 0.4) is 0 Å². The molecular weight excluding hydrogens is 285 g/mol. The van der Waals surface area contributed by atoms with E-state index in [0.29, 0.717) is 5.56 Å². The molecule has 1 aliphatic heterocycles. The number of halogens is 1. The molecule has 0 aliphatic carbocycles. The molecule has 1 aliphatic rings. The molecule has 0 unspecified atom stereocenters. The van der Waals surface area contributed by atoms with Gasteiger partial charge in [0.15, 0.2) is 0 Å². The molecule has 0 atom stereocenters. The molecule has 0 amide bonds. The van der Waals surface area contributed by atoms with Crippen LogP contribution >= 0.6 is 12.2 Å². The third-order valence-corrected chi connectivity index (χ3v) is 3.86. The van der Waals surface area contributed by atoms with Crippen LogP contribution in [0.1, 0.15) is 24.0 Å². The lowest BCUT2D eigenvalue weighted by atomic mass is 10.1. The van der Waals surface area contributed by atoms with Gasteiger partial charge in [-0.2, -0.15) is 0 Å². The van der Waals surface area contributed by atoms with E-state index in [1.54, 1.807) is 12.1 Å². The fourth-order valence-corrected chi connectivity index (χ4v) is 2.67. The smallest absolute Gasteiger partial charge is 0.129 e. The summed E-state index contributed by atoms with van der Waals surface area (Å²) < 4.78 is 19.3. The van der Waals surface area contributed by atoms with Gasteiger partial charge in [-0.3, -0.25) is 0 Å². The molecule has 4 heteroatoms. The van der Waals surface area contributed by atoms with Crippen molar-refractivity contribution in [3.8, 4) is 5.75 Å². The van der Waals surface area contributed by atoms with E-state index in [-0.39, 0.29) is 12.4 Å². The molecule has 2 nitrogen and oxygen atoms in total. The maximum absolute atomic E-state index is 13.6. The Labute approximate surface area is 128 Å². The highest BCUT2D eigenvalue weighted by Gasteiger charge is 2.11. The second-order valence-electron chi connectivity index (χ2n) is 5.10. The SMILES string of the molecule is Fc1ccccc1COc1ccc2c(c1)CCCC(=S)N2. The zero-order valence-electron chi connectivity index (χ0n) is 11.6. The van der Waals surface area contributed by atoms with E-state index in [0.717, 1.165) is 35.7 Å². The third kappa shape index (κ3) is 3.39. The maximum atomic E-state index is 13.6. The van der Waals surface area contributed by atoms with E-state index < -0.39 is 0 Å². The van der Waals surface area contributed by atoms with Crippen molar-refractivity contribution < 1.29 is 9.13 Å². The summed E-state index contributed by atoms with van der Waals surface area (Å²) in [5.41, 5.74) is 2.81. The Morgan fingerprint density at radius 3 is 2.86 bits per heavy atom. The molecule has 2 aromatic rings.